The van der Waals surface area contributed by atoms with Crippen LogP contribution in [0.1, 0.15) is 37.3 Å². The van der Waals surface area contributed by atoms with Gasteiger partial charge in [-0.3, -0.25) is 0 Å². The average molecular weight is 532 g/mol. The maximum absolute atomic E-state index is 9.90. The lowest BCUT2D eigenvalue weighted by Gasteiger charge is -2.18. The van der Waals surface area contributed by atoms with E-state index >= 15 is 0 Å². The highest BCUT2D eigenvalue weighted by atomic mass is 32.2. The highest BCUT2D eigenvalue weighted by Crippen LogP contribution is 2.36. The van der Waals surface area contributed by atoms with Crippen LogP contribution in [-0.4, -0.2) is 51.0 Å². The zero-order valence-electron chi connectivity index (χ0n) is 21.8. The molecule has 0 radical (unpaired) electrons. The summed E-state index contributed by atoms with van der Waals surface area (Å²) in [5.74, 6) is 1.14. The van der Waals surface area contributed by atoms with Gasteiger partial charge in [0, 0.05) is 46.6 Å². The molecule has 198 valence electrons. The Balaban J connectivity index is 1.63. The van der Waals surface area contributed by atoms with Crippen molar-refractivity contribution in [1.82, 2.24) is 14.6 Å². The zero-order valence-corrected chi connectivity index (χ0v) is 22.6. The van der Waals surface area contributed by atoms with Crippen LogP contribution in [0.2, 0.25) is 0 Å². The molecule has 5 rings (SSSR count). The normalized spacial score (nSPS) is 17.7. The predicted octanol–water partition coefficient (Wildman–Crippen LogP) is 4.72. The van der Waals surface area contributed by atoms with Crippen LogP contribution >= 0.6 is 11.8 Å². The second-order valence-corrected chi connectivity index (χ2v) is 10.3. The first-order chi connectivity index (χ1) is 18.4. The molecule has 0 spiro atoms. The van der Waals surface area contributed by atoms with Crippen molar-refractivity contribution >= 4 is 34.5 Å². The number of anilines is 1. The summed E-state index contributed by atoms with van der Waals surface area (Å²) in [6, 6.07) is 9.57. The largest absolute Gasteiger partial charge is 0.508 e. The lowest BCUT2D eigenvalue weighted by atomic mass is 10.1. The van der Waals surface area contributed by atoms with Crippen molar-refractivity contribution in [2.45, 2.75) is 49.6 Å². The number of thioether (sulfide) groups is 1. The number of nitrogens with one attached hydrogen (secondary N) is 1. The quantitative estimate of drug-likeness (QED) is 0.146. The van der Waals surface area contributed by atoms with Gasteiger partial charge in [-0.25, -0.2) is 14.5 Å². The number of phenolic OH excluding ortho intramolecular Hbond substituents is 1. The minimum atomic E-state index is 0.181. The van der Waals surface area contributed by atoms with E-state index in [9.17, 15) is 5.11 Å². The van der Waals surface area contributed by atoms with E-state index in [0.29, 0.717) is 11.7 Å². The molecule has 0 aliphatic heterocycles. The second kappa shape index (κ2) is 10.9. The third-order valence-electron chi connectivity index (χ3n) is 7.00. The van der Waals surface area contributed by atoms with Gasteiger partial charge in [-0.05, 0) is 61.8 Å². The number of amidine groups is 1. The van der Waals surface area contributed by atoms with Crippen LogP contribution in [0.4, 0.5) is 11.4 Å². The van der Waals surface area contributed by atoms with Gasteiger partial charge in [0.1, 0.15) is 11.6 Å². The second-order valence-electron chi connectivity index (χ2n) is 9.50. The Bertz CT molecular complexity index is 1500. The fourth-order valence-electron chi connectivity index (χ4n) is 4.97. The van der Waals surface area contributed by atoms with Gasteiger partial charge in [-0.2, -0.15) is 5.10 Å². The van der Waals surface area contributed by atoms with Crippen molar-refractivity contribution in [2.75, 3.05) is 18.7 Å². The summed E-state index contributed by atoms with van der Waals surface area (Å²) in [5.41, 5.74) is 19.0. The number of aromatic hydroxyl groups is 1. The number of benzene rings is 1. The fourth-order valence-corrected chi connectivity index (χ4v) is 5.58. The zero-order chi connectivity index (χ0) is 26.8. The number of fused-ring (bicyclic) bond motifs is 1. The lowest BCUT2D eigenvalue weighted by Crippen LogP contribution is -2.24. The molecule has 6 N–H and O–H groups in total. The Morgan fingerprint density at radius 2 is 2.11 bits per heavy atom. The molecule has 0 unspecified atom stereocenters. The molecule has 0 amide bonds. The number of ether oxygens (including phenoxy) is 1. The number of nitrogens with two attached hydrogens (primary N) is 2. The Morgan fingerprint density at radius 1 is 1.26 bits per heavy atom. The molecule has 1 saturated carbocycles. The van der Waals surface area contributed by atoms with E-state index in [1.807, 2.05) is 36.2 Å². The van der Waals surface area contributed by atoms with Crippen molar-refractivity contribution in [3.8, 4) is 22.8 Å². The van der Waals surface area contributed by atoms with Gasteiger partial charge in [-0.15, -0.1) is 11.8 Å². The topological polar surface area (TPSA) is 136 Å². The monoisotopic (exact) mass is 531 g/mol. The first-order valence-corrected chi connectivity index (χ1v) is 13.9. The summed E-state index contributed by atoms with van der Waals surface area (Å²) in [6.07, 6.45) is 11.2. The average Bonchev–Trinajstić information content (AvgIpc) is 3.55. The van der Waals surface area contributed by atoms with E-state index in [1.165, 1.54) is 0 Å². The Kier molecular flexibility index (Phi) is 7.44. The number of hydrogen-bond donors (Lipinski definition) is 4. The van der Waals surface area contributed by atoms with Crippen molar-refractivity contribution in [1.29, 1.82) is 0 Å². The summed E-state index contributed by atoms with van der Waals surface area (Å²) in [7, 11) is 1.62. The van der Waals surface area contributed by atoms with Gasteiger partial charge < -0.3 is 26.6 Å². The summed E-state index contributed by atoms with van der Waals surface area (Å²) in [5, 5.41) is 18.3. The number of aryl methyl sites for hydroxylation is 1. The van der Waals surface area contributed by atoms with Crippen LogP contribution in [0, 0.1) is 0 Å². The van der Waals surface area contributed by atoms with Crippen molar-refractivity contribution in [3.63, 3.8) is 0 Å². The first kappa shape index (κ1) is 25.9. The van der Waals surface area contributed by atoms with Gasteiger partial charge >= 0.3 is 0 Å². The molecular weight excluding hydrogens is 498 g/mol. The van der Waals surface area contributed by atoms with Crippen LogP contribution in [0.5, 0.6) is 11.6 Å². The molecule has 38 heavy (non-hydrogen) atoms. The van der Waals surface area contributed by atoms with Crippen LogP contribution in [0.15, 0.2) is 58.8 Å². The number of nitrogens with zero attached hydrogens (tertiary/aromatic N) is 4. The molecule has 4 aromatic rings. The molecule has 0 bridgehead atoms. The summed E-state index contributed by atoms with van der Waals surface area (Å²) < 4.78 is 7.18. The number of hydrogen-bond acceptors (Lipinski definition) is 8. The van der Waals surface area contributed by atoms with E-state index in [-0.39, 0.29) is 17.8 Å². The van der Waals surface area contributed by atoms with Gasteiger partial charge in [0.2, 0.25) is 5.88 Å². The van der Waals surface area contributed by atoms with E-state index in [4.69, 9.17) is 21.2 Å². The van der Waals surface area contributed by atoms with Crippen molar-refractivity contribution < 1.29 is 9.84 Å². The smallest absolute Gasteiger partial charge is 0.214 e. The third-order valence-corrected chi connectivity index (χ3v) is 7.78. The molecule has 2 atom stereocenters. The molecule has 1 fully saturated rings. The summed E-state index contributed by atoms with van der Waals surface area (Å²) in [4.78, 5) is 10.2. The Morgan fingerprint density at radius 3 is 2.82 bits per heavy atom. The van der Waals surface area contributed by atoms with E-state index in [0.717, 1.165) is 69.7 Å². The fraction of sp³-hybridized carbons (Fsp3) is 0.321. The van der Waals surface area contributed by atoms with Gasteiger partial charge in [0.05, 0.1) is 35.8 Å². The van der Waals surface area contributed by atoms with Crippen molar-refractivity contribution in [3.05, 3.63) is 60.0 Å². The van der Waals surface area contributed by atoms with Crippen LogP contribution in [-0.2, 0) is 6.42 Å². The van der Waals surface area contributed by atoms with E-state index in [2.05, 4.69) is 21.5 Å². The third kappa shape index (κ3) is 5.14. The molecule has 0 saturated heterocycles. The molecule has 10 heteroatoms. The molecule has 1 aliphatic carbocycles. The van der Waals surface area contributed by atoms with Crippen LogP contribution in [0.25, 0.3) is 16.6 Å². The Hall–Kier alpha value is -3.76. The molecule has 1 aliphatic rings. The summed E-state index contributed by atoms with van der Waals surface area (Å²) >= 11 is 1.64. The minimum absolute atomic E-state index is 0.181. The minimum Gasteiger partial charge on any atom is -0.508 e. The Labute approximate surface area is 226 Å². The van der Waals surface area contributed by atoms with E-state index in [1.54, 1.807) is 43.3 Å². The standard InChI is InChI=1S/C28H33N7O2S/c1-4-16-9-20(36)7-8-23(16)34-28(30)22-14-32-35-15-17(21-13-31-26(37-2)12-25(21)38-3)10-24(35)27(22)33-19-6-5-18(29)11-19/h7-10,12-15,18-19,33,36H,4-6,11,29H2,1-3H3,(H2,30,34)/t18-,19+/m0/s1. The number of rotatable bonds is 8. The van der Waals surface area contributed by atoms with Crippen molar-refractivity contribution in [2.24, 2.45) is 16.5 Å². The molecule has 1 aromatic carbocycles. The maximum atomic E-state index is 9.90. The predicted molar refractivity (Wildman–Crippen MR) is 154 cm³/mol. The van der Waals surface area contributed by atoms with Crippen LogP contribution in [0.3, 0.4) is 0 Å². The molecular formula is C28H33N7O2S. The highest BCUT2D eigenvalue weighted by molar-refractivity contribution is 7.98. The molecule has 3 aromatic heterocycles. The van der Waals surface area contributed by atoms with E-state index < -0.39 is 0 Å². The van der Waals surface area contributed by atoms with Gasteiger partial charge in [0.25, 0.3) is 0 Å². The summed E-state index contributed by atoms with van der Waals surface area (Å²) in [6.45, 7) is 2.02. The van der Waals surface area contributed by atoms with Gasteiger partial charge in [0.15, 0.2) is 0 Å². The molecule has 9 nitrogen and oxygen atoms in total. The number of methoxy groups -OCH3 is 1. The van der Waals surface area contributed by atoms with Crippen LogP contribution < -0.4 is 21.5 Å². The number of aromatic nitrogens is 3. The van der Waals surface area contributed by atoms with Gasteiger partial charge in [-0.1, -0.05) is 6.92 Å². The number of aliphatic imine (C=N–C) groups is 1. The SMILES string of the molecule is CCc1cc(O)ccc1/N=C(\N)c1cnn2cc(-c3cnc(OC)cc3SC)cc2c1N[C@@H]1CC[C@H](N)C1. The number of pyridine rings is 1. The highest BCUT2D eigenvalue weighted by Gasteiger charge is 2.25. The number of phenols is 1. The lowest BCUT2D eigenvalue weighted by molar-refractivity contribution is 0.397. The molecule has 3 heterocycles. The first-order valence-electron chi connectivity index (χ1n) is 12.7. The maximum Gasteiger partial charge on any atom is 0.214 e.